The molecule has 0 aromatic heterocycles. The summed E-state index contributed by atoms with van der Waals surface area (Å²) in [5.74, 6) is 0.299. The molecule has 0 bridgehead atoms. The molecule has 2 atom stereocenters. The maximum atomic E-state index is 11.7. The third-order valence-electron chi connectivity index (χ3n) is 2.52. The van der Waals surface area contributed by atoms with Crippen molar-refractivity contribution in [2.75, 3.05) is 19.0 Å². The van der Waals surface area contributed by atoms with E-state index in [0.717, 1.165) is 19.4 Å². The molecule has 0 aliphatic carbocycles. The van der Waals surface area contributed by atoms with Crippen LogP contribution in [0.4, 0.5) is 0 Å². The second-order valence-electron chi connectivity index (χ2n) is 3.57. The molecule has 1 fully saturated rings. The van der Waals surface area contributed by atoms with Crippen LogP contribution in [0.3, 0.4) is 0 Å². The summed E-state index contributed by atoms with van der Waals surface area (Å²) in [5.41, 5.74) is 0. The number of aliphatic hydroxyl groups excluding tert-OH is 1. The first-order valence-corrected chi connectivity index (χ1v) is 5.21. The highest BCUT2D eigenvalue weighted by Gasteiger charge is 2.30. The summed E-state index contributed by atoms with van der Waals surface area (Å²) in [6.45, 7) is 2.66. The van der Waals surface area contributed by atoms with Crippen molar-refractivity contribution in [3.8, 4) is 0 Å². The third-order valence-corrected chi connectivity index (χ3v) is 2.99. The molecule has 1 unspecified atom stereocenters. The Balaban J connectivity index is 2.54. The molecule has 3 nitrogen and oxygen atoms in total. The third kappa shape index (κ3) is 2.35. The van der Waals surface area contributed by atoms with Crippen molar-refractivity contribution in [3.63, 3.8) is 0 Å². The molecule has 0 radical (unpaired) electrons. The fraction of sp³-hybridized carbons (Fsp3) is 0.889. The molecular weight excluding hydrogens is 190 g/mol. The number of halogens is 1. The van der Waals surface area contributed by atoms with Crippen LogP contribution in [0.25, 0.3) is 0 Å². The van der Waals surface area contributed by atoms with Crippen LogP contribution in [0.15, 0.2) is 0 Å². The van der Waals surface area contributed by atoms with Crippen molar-refractivity contribution in [1.29, 1.82) is 0 Å². The first kappa shape index (κ1) is 10.8. The second kappa shape index (κ2) is 4.82. The summed E-state index contributed by atoms with van der Waals surface area (Å²) >= 11 is 5.61. The van der Waals surface area contributed by atoms with E-state index >= 15 is 0 Å². The van der Waals surface area contributed by atoms with Gasteiger partial charge >= 0.3 is 0 Å². The summed E-state index contributed by atoms with van der Waals surface area (Å²) in [6, 6.07) is 0.0261. The fourth-order valence-electron chi connectivity index (χ4n) is 1.66. The smallest absolute Gasteiger partial charge is 0.226 e. The molecule has 1 rings (SSSR count). The van der Waals surface area contributed by atoms with E-state index in [-0.39, 0.29) is 24.5 Å². The zero-order chi connectivity index (χ0) is 9.84. The van der Waals surface area contributed by atoms with Crippen LogP contribution in [0.1, 0.15) is 19.8 Å². The molecule has 4 heteroatoms. The van der Waals surface area contributed by atoms with Crippen LogP contribution in [-0.4, -0.2) is 41.0 Å². The zero-order valence-corrected chi connectivity index (χ0v) is 8.63. The Morgan fingerprint density at radius 2 is 2.46 bits per heavy atom. The summed E-state index contributed by atoms with van der Waals surface area (Å²) in [5, 5.41) is 9.01. The average molecular weight is 206 g/mol. The number of amides is 1. The van der Waals surface area contributed by atoms with Gasteiger partial charge in [-0.05, 0) is 12.8 Å². The normalized spacial score (nSPS) is 24.8. The van der Waals surface area contributed by atoms with Crippen LogP contribution in [-0.2, 0) is 4.79 Å². The number of likely N-dealkylation sites (tertiary alicyclic amines) is 1. The van der Waals surface area contributed by atoms with Gasteiger partial charge in [-0.15, -0.1) is 11.6 Å². The van der Waals surface area contributed by atoms with Crippen LogP contribution < -0.4 is 0 Å². The molecule has 0 spiro atoms. The van der Waals surface area contributed by atoms with Crippen LogP contribution in [0.2, 0.25) is 0 Å². The van der Waals surface area contributed by atoms with Crippen molar-refractivity contribution < 1.29 is 9.90 Å². The highest BCUT2D eigenvalue weighted by Crippen LogP contribution is 2.19. The van der Waals surface area contributed by atoms with Gasteiger partial charge in [0.1, 0.15) is 0 Å². The lowest BCUT2D eigenvalue weighted by Crippen LogP contribution is -2.41. The minimum Gasteiger partial charge on any atom is -0.394 e. The Bertz CT molecular complexity index is 186. The van der Waals surface area contributed by atoms with Gasteiger partial charge in [-0.2, -0.15) is 0 Å². The van der Waals surface area contributed by atoms with E-state index in [1.54, 1.807) is 4.90 Å². The van der Waals surface area contributed by atoms with Gasteiger partial charge in [0.2, 0.25) is 5.91 Å². The number of hydrogen-bond acceptors (Lipinski definition) is 2. The molecule has 0 aromatic carbocycles. The summed E-state index contributed by atoms with van der Waals surface area (Å²) in [6.07, 6.45) is 1.91. The quantitative estimate of drug-likeness (QED) is 0.694. The molecule has 1 N–H and O–H groups in total. The highest BCUT2D eigenvalue weighted by molar-refractivity contribution is 6.19. The zero-order valence-electron chi connectivity index (χ0n) is 7.87. The number of aliphatic hydroxyl groups is 1. The highest BCUT2D eigenvalue weighted by atomic mass is 35.5. The van der Waals surface area contributed by atoms with E-state index in [2.05, 4.69) is 0 Å². The molecular formula is C9H16ClNO2. The minimum absolute atomic E-state index is 0.0261. The van der Waals surface area contributed by atoms with Crippen LogP contribution in [0.5, 0.6) is 0 Å². The van der Waals surface area contributed by atoms with Crippen molar-refractivity contribution in [3.05, 3.63) is 0 Å². The lowest BCUT2D eigenvalue weighted by molar-refractivity contribution is -0.135. The lowest BCUT2D eigenvalue weighted by atomic mass is 10.1. The minimum atomic E-state index is -0.131. The van der Waals surface area contributed by atoms with Crippen molar-refractivity contribution in [1.82, 2.24) is 4.90 Å². The van der Waals surface area contributed by atoms with Gasteiger partial charge in [-0.3, -0.25) is 4.79 Å². The van der Waals surface area contributed by atoms with Gasteiger partial charge in [0.05, 0.1) is 12.6 Å². The SMILES string of the molecule is CC(CCl)C(=O)N1CCC[C@H]1CO. The van der Waals surface area contributed by atoms with E-state index in [4.69, 9.17) is 16.7 Å². The molecule has 1 heterocycles. The number of hydrogen-bond donors (Lipinski definition) is 1. The van der Waals surface area contributed by atoms with Crippen LogP contribution in [0, 0.1) is 5.92 Å². The fourth-order valence-corrected chi connectivity index (χ4v) is 1.80. The molecule has 13 heavy (non-hydrogen) atoms. The van der Waals surface area contributed by atoms with Crippen molar-refractivity contribution >= 4 is 17.5 Å². The summed E-state index contributed by atoms with van der Waals surface area (Å²) < 4.78 is 0. The van der Waals surface area contributed by atoms with Crippen molar-refractivity contribution in [2.45, 2.75) is 25.8 Å². The van der Waals surface area contributed by atoms with Crippen molar-refractivity contribution in [2.24, 2.45) is 5.92 Å². The molecule has 0 aromatic rings. The maximum Gasteiger partial charge on any atom is 0.226 e. The van der Waals surface area contributed by atoms with Gasteiger partial charge in [-0.25, -0.2) is 0 Å². The Kier molecular flexibility index (Phi) is 4.00. The molecule has 0 saturated carbocycles. The number of nitrogens with zero attached hydrogens (tertiary/aromatic N) is 1. The van der Waals surface area contributed by atoms with E-state index in [9.17, 15) is 4.79 Å². The van der Waals surface area contributed by atoms with Gasteiger partial charge in [0.15, 0.2) is 0 Å². The Morgan fingerprint density at radius 3 is 3.00 bits per heavy atom. The first-order chi connectivity index (χ1) is 6.20. The number of alkyl halides is 1. The first-order valence-electron chi connectivity index (χ1n) is 4.68. The van der Waals surface area contributed by atoms with E-state index in [1.165, 1.54) is 0 Å². The monoisotopic (exact) mass is 205 g/mol. The van der Waals surface area contributed by atoms with E-state index in [1.807, 2.05) is 6.92 Å². The summed E-state index contributed by atoms with van der Waals surface area (Å²) in [4.78, 5) is 13.4. The number of rotatable bonds is 3. The molecule has 1 saturated heterocycles. The van der Waals surface area contributed by atoms with E-state index < -0.39 is 0 Å². The number of carbonyl (C=O) groups excluding carboxylic acids is 1. The standard InChI is InChI=1S/C9H16ClNO2/c1-7(5-10)9(13)11-4-2-3-8(11)6-12/h7-8,12H,2-6H2,1H3/t7?,8-/m0/s1. The summed E-state index contributed by atoms with van der Waals surface area (Å²) in [7, 11) is 0. The van der Waals surface area contributed by atoms with Gasteiger partial charge in [0, 0.05) is 18.3 Å². The topological polar surface area (TPSA) is 40.5 Å². The molecule has 1 aliphatic rings. The van der Waals surface area contributed by atoms with Crippen LogP contribution >= 0.6 is 11.6 Å². The maximum absolute atomic E-state index is 11.7. The largest absolute Gasteiger partial charge is 0.394 e. The predicted molar refractivity (Wildman–Crippen MR) is 51.7 cm³/mol. The van der Waals surface area contributed by atoms with Gasteiger partial charge in [-0.1, -0.05) is 6.92 Å². The Morgan fingerprint density at radius 1 is 1.77 bits per heavy atom. The number of carbonyl (C=O) groups is 1. The molecule has 1 aliphatic heterocycles. The lowest BCUT2D eigenvalue weighted by Gasteiger charge is -2.25. The Labute approximate surface area is 83.7 Å². The van der Waals surface area contributed by atoms with Gasteiger partial charge in [0.25, 0.3) is 0 Å². The molecule has 1 amide bonds. The van der Waals surface area contributed by atoms with E-state index in [0.29, 0.717) is 5.88 Å². The Hall–Kier alpha value is -0.280. The average Bonchev–Trinajstić information content (AvgIpc) is 2.62. The molecule has 76 valence electrons. The predicted octanol–water partition coefficient (Wildman–Crippen LogP) is 0.845. The second-order valence-corrected chi connectivity index (χ2v) is 3.87. The van der Waals surface area contributed by atoms with Gasteiger partial charge < -0.3 is 10.0 Å².